The molecule has 34 heavy (non-hydrogen) atoms. The molecule has 0 aromatic carbocycles. The van der Waals surface area contributed by atoms with E-state index in [2.05, 4.69) is 16.0 Å². The third-order valence-corrected chi connectivity index (χ3v) is 5.72. The first-order valence-corrected chi connectivity index (χ1v) is 12.0. The lowest BCUT2D eigenvalue weighted by Gasteiger charge is -2.29. The van der Waals surface area contributed by atoms with Gasteiger partial charge in [-0.15, -0.1) is 0 Å². The SMILES string of the molecule is CCC(C)C(NC(=O)C(NC(=O)C(N)CCCCN)C(C)O)C(=O)NC(CCCCN)C(=O)O. The number of aliphatic carboxylic acids is 1. The van der Waals surface area contributed by atoms with Crippen molar-refractivity contribution in [1.29, 1.82) is 0 Å². The van der Waals surface area contributed by atoms with Gasteiger partial charge >= 0.3 is 5.97 Å². The number of carbonyl (C=O) groups is 4. The van der Waals surface area contributed by atoms with Crippen LogP contribution in [0.25, 0.3) is 0 Å². The summed E-state index contributed by atoms with van der Waals surface area (Å²) in [6, 6.07) is -4.40. The van der Waals surface area contributed by atoms with E-state index >= 15 is 0 Å². The Balaban J connectivity index is 5.35. The predicted molar refractivity (Wildman–Crippen MR) is 128 cm³/mol. The summed E-state index contributed by atoms with van der Waals surface area (Å²) < 4.78 is 0. The molecule has 3 amide bonds. The Hall–Kier alpha value is -2.28. The van der Waals surface area contributed by atoms with E-state index < -0.39 is 54.0 Å². The number of aliphatic hydroxyl groups excluding tert-OH is 1. The van der Waals surface area contributed by atoms with Crippen LogP contribution in [0.5, 0.6) is 0 Å². The minimum atomic E-state index is -1.34. The fraction of sp³-hybridized carbons (Fsp3) is 0.818. The van der Waals surface area contributed by atoms with Gasteiger partial charge in [0.05, 0.1) is 12.1 Å². The highest BCUT2D eigenvalue weighted by Gasteiger charge is 2.34. The second kappa shape index (κ2) is 17.2. The topological polar surface area (TPSA) is 223 Å². The zero-order valence-electron chi connectivity index (χ0n) is 20.6. The summed E-state index contributed by atoms with van der Waals surface area (Å²) in [6.07, 6.45) is 2.32. The fourth-order valence-corrected chi connectivity index (χ4v) is 3.26. The van der Waals surface area contributed by atoms with Gasteiger partial charge in [0.1, 0.15) is 18.1 Å². The molecular formula is C22H44N6O6. The molecular weight excluding hydrogens is 444 g/mol. The molecule has 0 aromatic rings. The summed E-state index contributed by atoms with van der Waals surface area (Å²) >= 11 is 0. The van der Waals surface area contributed by atoms with Crippen molar-refractivity contribution in [3.05, 3.63) is 0 Å². The van der Waals surface area contributed by atoms with E-state index in [-0.39, 0.29) is 12.3 Å². The molecule has 0 spiro atoms. The minimum Gasteiger partial charge on any atom is -0.480 e. The number of aliphatic hydroxyl groups is 1. The number of hydrogen-bond acceptors (Lipinski definition) is 8. The van der Waals surface area contributed by atoms with Gasteiger partial charge in [-0.05, 0) is 58.0 Å². The van der Waals surface area contributed by atoms with Gasteiger partial charge in [0.2, 0.25) is 17.7 Å². The van der Waals surface area contributed by atoms with Crippen LogP contribution in [0.4, 0.5) is 0 Å². The van der Waals surface area contributed by atoms with Crippen molar-refractivity contribution in [3.8, 4) is 0 Å². The van der Waals surface area contributed by atoms with Crippen molar-refractivity contribution >= 4 is 23.7 Å². The average molecular weight is 489 g/mol. The zero-order valence-corrected chi connectivity index (χ0v) is 20.6. The maximum atomic E-state index is 12.9. The molecule has 0 aliphatic rings. The van der Waals surface area contributed by atoms with E-state index in [9.17, 15) is 29.4 Å². The van der Waals surface area contributed by atoms with Gasteiger partial charge in [-0.1, -0.05) is 26.7 Å². The third-order valence-electron chi connectivity index (χ3n) is 5.72. The Bertz CT molecular complexity index is 647. The fourth-order valence-electron chi connectivity index (χ4n) is 3.26. The molecule has 6 atom stereocenters. The van der Waals surface area contributed by atoms with Crippen LogP contribution in [0.15, 0.2) is 0 Å². The van der Waals surface area contributed by atoms with E-state index in [0.717, 1.165) is 0 Å². The van der Waals surface area contributed by atoms with Gasteiger partial charge in [0.25, 0.3) is 0 Å². The normalized spacial score (nSPS) is 16.4. The highest BCUT2D eigenvalue weighted by molar-refractivity contribution is 5.94. The van der Waals surface area contributed by atoms with Crippen molar-refractivity contribution in [2.75, 3.05) is 13.1 Å². The minimum absolute atomic E-state index is 0.202. The Kier molecular flexibility index (Phi) is 16.0. The quantitative estimate of drug-likeness (QED) is 0.105. The summed E-state index contributed by atoms with van der Waals surface area (Å²) in [5, 5.41) is 27.0. The zero-order chi connectivity index (χ0) is 26.3. The standard InChI is InChI=1S/C22H44N6O6/c1-4-13(2)17(20(31)26-16(22(33)34)10-6-8-12-24)27-21(32)18(14(3)29)28-19(30)15(25)9-5-7-11-23/h13-18,29H,4-12,23-25H2,1-3H3,(H,26,31)(H,27,32)(H,28,30)(H,33,34). The third kappa shape index (κ3) is 11.7. The molecule has 0 bridgehead atoms. The van der Waals surface area contributed by atoms with Crippen molar-refractivity contribution in [2.24, 2.45) is 23.1 Å². The molecule has 0 fully saturated rings. The molecule has 6 unspecified atom stereocenters. The van der Waals surface area contributed by atoms with Gasteiger partial charge in [0, 0.05) is 0 Å². The lowest BCUT2D eigenvalue weighted by molar-refractivity contribution is -0.143. The second-order valence-electron chi connectivity index (χ2n) is 8.67. The van der Waals surface area contributed by atoms with Crippen LogP contribution in [0.2, 0.25) is 0 Å². The Morgan fingerprint density at radius 3 is 1.76 bits per heavy atom. The molecule has 0 heterocycles. The van der Waals surface area contributed by atoms with Crippen molar-refractivity contribution in [1.82, 2.24) is 16.0 Å². The molecule has 0 rings (SSSR count). The number of amides is 3. The first-order valence-electron chi connectivity index (χ1n) is 12.0. The largest absolute Gasteiger partial charge is 0.480 e. The van der Waals surface area contributed by atoms with E-state index in [1.54, 1.807) is 6.92 Å². The summed E-state index contributed by atoms with van der Waals surface area (Å²) in [7, 11) is 0. The van der Waals surface area contributed by atoms with Crippen LogP contribution < -0.4 is 33.2 Å². The van der Waals surface area contributed by atoms with Crippen LogP contribution >= 0.6 is 0 Å². The van der Waals surface area contributed by atoms with E-state index in [1.165, 1.54) is 6.92 Å². The van der Waals surface area contributed by atoms with Crippen molar-refractivity contribution < 1.29 is 29.4 Å². The van der Waals surface area contributed by atoms with E-state index in [0.29, 0.717) is 51.6 Å². The smallest absolute Gasteiger partial charge is 0.326 e. The maximum Gasteiger partial charge on any atom is 0.326 e. The second-order valence-corrected chi connectivity index (χ2v) is 8.67. The molecule has 0 aliphatic heterocycles. The molecule has 0 aromatic heterocycles. The number of nitrogens with one attached hydrogen (secondary N) is 3. The highest BCUT2D eigenvalue weighted by Crippen LogP contribution is 2.11. The number of hydrogen-bond donors (Lipinski definition) is 8. The number of carbonyl (C=O) groups excluding carboxylic acids is 3. The lowest BCUT2D eigenvalue weighted by atomic mass is 9.96. The molecule has 0 radical (unpaired) electrons. The number of carboxylic acids is 1. The van der Waals surface area contributed by atoms with E-state index in [4.69, 9.17) is 17.2 Å². The van der Waals surface area contributed by atoms with Crippen LogP contribution in [0, 0.1) is 5.92 Å². The van der Waals surface area contributed by atoms with Gasteiger partial charge in [-0.25, -0.2) is 4.79 Å². The molecule has 198 valence electrons. The monoisotopic (exact) mass is 488 g/mol. The van der Waals surface area contributed by atoms with Gasteiger partial charge in [-0.2, -0.15) is 0 Å². The average Bonchev–Trinajstić information content (AvgIpc) is 2.79. The Labute approximate surface area is 201 Å². The van der Waals surface area contributed by atoms with E-state index in [1.807, 2.05) is 6.92 Å². The molecule has 0 saturated carbocycles. The molecule has 0 aliphatic carbocycles. The number of unbranched alkanes of at least 4 members (excludes halogenated alkanes) is 2. The molecule has 12 heteroatoms. The Morgan fingerprint density at radius 2 is 1.29 bits per heavy atom. The number of rotatable bonds is 18. The molecule has 0 saturated heterocycles. The first kappa shape index (κ1) is 31.7. The maximum absolute atomic E-state index is 12.9. The summed E-state index contributed by atoms with van der Waals surface area (Å²) in [5.41, 5.74) is 16.7. The molecule has 11 N–H and O–H groups in total. The number of carboxylic acid groups (broad SMARTS) is 1. The Morgan fingerprint density at radius 1 is 0.794 bits per heavy atom. The van der Waals surface area contributed by atoms with Gasteiger partial charge < -0.3 is 43.4 Å². The van der Waals surface area contributed by atoms with Crippen molar-refractivity contribution in [2.45, 2.75) is 96.0 Å². The van der Waals surface area contributed by atoms with Crippen LogP contribution in [-0.4, -0.2) is 77.3 Å². The van der Waals surface area contributed by atoms with Crippen molar-refractivity contribution in [3.63, 3.8) is 0 Å². The van der Waals surface area contributed by atoms with Crippen LogP contribution in [0.1, 0.15) is 65.7 Å². The number of nitrogens with two attached hydrogens (primary N) is 3. The summed E-state index contributed by atoms with van der Waals surface area (Å²) in [4.78, 5) is 49.8. The van der Waals surface area contributed by atoms with Gasteiger partial charge in [-0.3, -0.25) is 14.4 Å². The highest BCUT2D eigenvalue weighted by atomic mass is 16.4. The first-order chi connectivity index (χ1) is 16.0. The van der Waals surface area contributed by atoms with Crippen LogP contribution in [-0.2, 0) is 19.2 Å². The predicted octanol–water partition coefficient (Wildman–Crippen LogP) is -1.46. The molecule has 12 nitrogen and oxygen atoms in total. The van der Waals surface area contributed by atoms with Gasteiger partial charge in [0.15, 0.2) is 0 Å². The summed E-state index contributed by atoms with van der Waals surface area (Å²) in [5.74, 6) is -3.55. The summed E-state index contributed by atoms with van der Waals surface area (Å²) in [6.45, 7) is 5.77. The van der Waals surface area contributed by atoms with Crippen LogP contribution in [0.3, 0.4) is 0 Å². The lowest BCUT2D eigenvalue weighted by Crippen LogP contribution is -2.61.